The summed E-state index contributed by atoms with van der Waals surface area (Å²) in [5.41, 5.74) is -0.724. The summed E-state index contributed by atoms with van der Waals surface area (Å²) in [5.74, 6) is -2.48. The summed E-state index contributed by atoms with van der Waals surface area (Å²) in [5, 5.41) is 0. The number of hydrogen-bond acceptors (Lipinski definition) is 2. The topological polar surface area (TPSA) is 29.5 Å². The van der Waals surface area contributed by atoms with Crippen molar-refractivity contribution in [3.8, 4) is 0 Å². The van der Waals surface area contributed by atoms with Crippen LogP contribution < -0.4 is 0 Å². The molecule has 0 radical (unpaired) electrons. The first kappa shape index (κ1) is 22.1. The van der Waals surface area contributed by atoms with Gasteiger partial charge in [0, 0.05) is 25.9 Å². The molecule has 0 atom stereocenters. The molecule has 0 aromatic carbocycles. The van der Waals surface area contributed by atoms with Gasteiger partial charge in [-0.1, -0.05) is 34.1 Å². The van der Waals surface area contributed by atoms with Crippen molar-refractivity contribution in [3.63, 3.8) is 0 Å². The van der Waals surface area contributed by atoms with Gasteiger partial charge in [-0.05, 0) is 39.0 Å². The molecular weight excluding hydrogens is 300 g/mol. The van der Waals surface area contributed by atoms with Crippen LogP contribution in [0.4, 0.5) is 13.6 Å². The van der Waals surface area contributed by atoms with Crippen LogP contribution in [0.1, 0.15) is 80.6 Å². The Morgan fingerprint density at radius 2 is 1.48 bits per heavy atom. The van der Waals surface area contributed by atoms with Crippen LogP contribution in [0, 0.1) is 5.41 Å². The average molecular weight is 335 g/mol. The zero-order chi connectivity index (χ0) is 18.3. The monoisotopic (exact) mass is 335 g/mol. The van der Waals surface area contributed by atoms with Crippen LogP contribution in [0.5, 0.6) is 0 Å². The minimum Gasteiger partial charge on any atom is -0.444 e. The van der Waals surface area contributed by atoms with E-state index in [1.807, 2.05) is 34.6 Å². The number of likely N-dealkylation sites (tertiary alicyclic amines) is 1. The largest absolute Gasteiger partial charge is 0.444 e. The lowest BCUT2D eigenvalue weighted by Crippen LogP contribution is -2.53. The van der Waals surface area contributed by atoms with Gasteiger partial charge >= 0.3 is 6.09 Å². The van der Waals surface area contributed by atoms with Gasteiger partial charge in [-0.3, -0.25) is 0 Å². The molecule has 0 N–H and O–H groups in total. The zero-order valence-electron chi connectivity index (χ0n) is 16.0. The highest BCUT2D eigenvalue weighted by Gasteiger charge is 2.57. The van der Waals surface area contributed by atoms with Crippen LogP contribution in [0.2, 0.25) is 0 Å². The number of carbonyl (C=O) groups is 1. The SMILES string of the molecule is CC.CC(C)(C)OC(=O)N1CCC2(CC1)CC(F)(F)C2.CCC. The highest BCUT2D eigenvalue weighted by atomic mass is 19.3. The Bertz CT molecular complexity index is 347. The lowest BCUT2D eigenvalue weighted by atomic mass is 9.61. The Balaban J connectivity index is 0.000000868. The number of rotatable bonds is 0. The molecule has 138 valence electrons. The molecule has 0 bridgehead atoms. The van der Waals surface area contributed by atoms with E-state index >= 15 is 0 Å². The van der Waals surface area contributed by atoms with Crippen LogP contribution >= 0.6 is 0 Å². The summed E-state index contributed by atoms with van der Waals surface area (Å²) >= 11 is 0. The molecule has 3 nitrogen and oxygen atoms in total. The van der Waals surface area contributed by atoms with Crippen LogP contribution in [0.3, 0.4) is 0 Å². The highest BCUT2D eigenvalue weighted by molar-refractivity contribution is 5.68. The number of ether oxygens (including phenoxy) is 1. The first-order valence-corrected chi connectivity index (χ1v) is 8.88. The van der Waals surface area contributed by atoms with Crippen molar-refractivity contribution in [2.75, 3.05) is 13.1 Å². The molecule has 1 amide bonds. The molecular formula is C18H35F2NO2. The van der Waals surface area contributed by atoms with E-state index in [1.165, 1.54) is 6.42 Å². The van der Waals surface area contributed by atoms with Gasteiger partial charge in [-0.15, -0.1) is 0 Å². The minimum absolute atomic E-state index is 0.0117. The second-order valence-corrected chi connectivity index (χ2v) is 7.38. The summed E-state index contributed by atoms with van der Waals surface area (Å²) < 4.78 is 31.2. The Kier molecular flexibility index (Phi) is 8.50. The summed E-state index contributed by atoms with van der Waals surface area (Å²) in [6, 6.07) is 0. The standard InChI is InChI=1S/C13H21F2NO2.C3H8.C2H6/c1-11(2,3)18-10(17)16-6-4-12(5-7-16)8-13(14,15)9-12;1-3-2;1-2/h4-9H2,1-3H3;3H2,1-2H3;1-2H3. The number of halogens is 2. The number of hydrogen-bond donors (Lipinski definition) is 0. The molecule has 0 aromatic rings. The minimum atomic E-state index is -2.48. The van der Waals surface area contributed by atoms with E-state index in [-0.39, 0.29) is 24.3 Å². The third-order valence-electron chi connectivity index (χ3n) is 3.74. The van der Waals surface area contributed by atoms with Crippen LogP contribution in [-0.2, 0) is 4.74 Å². The fourth-order valence-electron chi connectivity index (χ4n) is 2.89. The number of amides is 1. The Morgan fingerprint density at radius 3 is 1.78 bits per heavy atom. The van der Waals surface area contributed by atoms with E-state index < -0.39 is 11.5 Å². The molecule has 2 aliphatic rings. The summed E-state index contributed by atoms with van der Waals surface area (Å²) in [7, 11) is 0. The molecule has 5 heteroatoms. The maximum Gasteiger partial charge on any atom is 0.410 e. The molecule has 2 fully saturated rings. The van der Waals surface area contributed by atoms with Crippen molar-refractivity contribution in [2.45, 2.75) is 92.1 Å². The van der Waals surface area contributed by atoms with Crippen molar-refractivity contribution < 1.29 is 18.3 Å². The molecule has 23 heavy (non-hydrogen) atoms. The predicted molar refractivity (Wildman–Crippen MR) is 91.0 cm³/mol. The second kappa shape index (κ2) is 8.84. The van der Waals surface area contributed by atoms with Gasteiger partial charge in [0.05, 0.1) is 0 Å². The smallest absolute Gasteiger partial charge is 0.410 e. The molecule has 1 saturated carbocycles. The zero-order valence-corrected chi connectivity index (χ0v) is 16.0. The van der Waals surface area contributed by atoms with Crippen LogP contribution in [0.15, 0.2) is 0 Å². The predicted octanol–water partition coefficient (Wildman–Crippen LogP) is 5.88. The van der Waals surface area contributed by atoms with Crippen LogP contribution in [0.25, 0.3) is 0 Å². The fourth-order valence-corrected chi connectivity index (χ4v) is 2.89. The van der Waals surface area contributed by atoms with E-state index in [9.17, 15) is 13.6 Å². The molecule has 0 unspecified atom stereocenters. The summed E-state index contributed by atoms with van der Waals surface area (Å²) in [6.45, 7) is 14.8. The molecule has 1 heterocycles. The third-order valence-corrected chi connectivity index (χ3v) is 3.74. The van der Waals surface area contributed by atoms with Gasteiger partial charge in [0.1, 0.15) is 5.60 Å². The van der Waals surface area contributed by atoms with Gasteiger partial charge < -0.3 is 9.64 Å². The van der Waals surface area contributed by atoms with Crippen molar-refractivity contribution in [1.29, 1.82) is 0 Å². The lowest BCUT2D eigenvalue weighted by molar-refractivity contribution is -0.176. The average Bonchev–Trinajstić information content (AvgIpc) is 2.38. The summed E-state index contributed by atoms with van der Waals surface area (Å²) in [6.07, 6.45) is 2.23. The molecule has 1 aliphatic carbocycles. The number of alkyl halides is 2. The van der Waals surface area contributed by atoms with E-state index in [0.29, 0.717) is 25.9 Å². The first-order chi connectivity index (χ1) is 10.5. The fraction of sp³-hybridized carbons (Fsp3) is 0.944. The van der Waals surface area contributed by atoms with E-state index in [1.54, 1.807) is 4.90 Å². The highest BCUT2D eigenvalue weighted by Crippen LogP contribution is 2.57. The van der Waals surface area contributed by atoms with Crippen molar-refractivity contribution in [3.05, 3.63) is 0 Å². The lowest BCUT2D eigenvalue weighted by Gasteiger charge is -2.51. The molecule has 0 aromatic heterocycles. The van der Waals surface area contributed by atoms with Crippen molar-refractivity contribution in [1.82, 2.24) is 4.90 Å². The normalized spacial score (nSPS) is 21.2. The van der Waals surface area contributed by atoms with Gasteiger partial charge in [-0.2, -0.15) is 0 Å². The maximum atomic E-state index is 12.9. The molecule has 1 spiro atoms. The first-order valence-electron chi connectivity index (χ1n) is 8.88. The van der Waals surface area contributed by atoms with E-state index in [2.05, 4.69) is 13.8 Å². The third kappa shape index (κ3) is 7.49. The number of nitrogens with zero attached hydrogens (tertiary/aromatic N) is 1. The summed E-state index contributed by atoms with van der Waals surface area (Å²) in [4.78, 5) is 13.4. The van der Waals surface area contributed by atoms with E-state index in [4.69, 9.17) is 4.74 Å². The van der Waals surface area contributed by atoms with Crippen LogP contribution in [-0.4, -0.2) is 35.6 Å². The second-order valence-electron chi connectivity index (χ2n) is 7.38. The van der Waals surface area contributed by atoms with Gasteiger partial charge in [-0.25, -0.2) is 13.6 Å². The maximum absolute atomic E-state index is 12.9. The Labute approximate surface area is 140 Å². The van der Waals surface area contributed by atoms with Gasteiger partial charge in [0.2, 0.25) is 5.92 Å². The van der Waals surface area contributed by atoms with Gasteiger partial charge in [0.15, 0.2) is 0 Å². The molecule has 1 saturated heterocycles. The quantitative estimate of drug-likeness (QED) is 0.553. The number of piperidine rings is 1. The Morgan fingerprint density at radius 1 is 1.09 bits per heavy atom. The van der Waals surface area contributed by atoms with E-state index in [0.717, 1.165) is 0 Å². The number of carbonyl (C=O) groups excluding carboxylic acids is 1. The van der Waals surface area contributed by atoms with Crippen molar-refractivity contribution >= 4 is 6.09 Å². The van der Waals surface area contributed by atoms with Gasteiger partial charge in [0.25, 0.3) is 0 Å². The van der Waals surface area contributed by atoms with Crippen molar-refractivity contribution in [2.24, 2.45) is 5.41 Å². The Hall–Kier alpha value is -0.870. The molecule has 1 aliphatic heterocycles. The molecule has 2 rings (SSSR count).